The van der Waals surface area contributed by atoms with Crippen molar-refractivity contribution in [2.45, 2.75) is 12.8 Å². The van der Waals surface area contributed by atoms with E-state index in [9.17, 15) is 20.4 Å². The van der Waals surface area contributed by atoms with Crippen molar-refractivity contribution in [3.05, 3.63) is 22.4 Å². The van der Waals surface area contributed by atoms with Gasteiger partial charge in [0.15, 0.2) is 11.3 Å². The van der Waals surface area contributed by atoms with Gasteiger partial charge in [0.25, 0.3) is 5.62 Å². The molecule has 0 aliphatic carbocycles. The molecule has 1 saturated heterocycles. The van der Waals surface area contributed by atoms with Gasteiger partial charge in [-0.15, -0.1) is 4.73 Å². The zero-order chi connectivity index (χ0) is 13.5. The molecule has 18 heavy (non-hydrogen) atoms. The van der Waals surface area contributed by atoms with Crippen LogP contribution in [-0.4, -0.2) is 38.7 Å². The second kappa shape index (κ2) is 3.96. The Bertz CT molecular complexity index is 618. The van der Waals surface area contributed by atoms with Crippen LogP contribution in [0.2, 0.25) is 0 Å². The van der Waals surface area contributed by atoms with Crippen molar-refractivity contribution >= 4 is 11.6 Å². The van der Waals surface area contributed by atoms with Gasteiger partial charge in [-0.3, -0.25) is 15.6 Å². The van der Waals surface area contributed by atoms with Crippen molar-refractivity contribution in [1.29, 1.82) is 10.8 Å². The number of aromatic nitrogens is 2. The molecule has 0 bridgehead atoms. The Kier molecular flexibility index (Phi) is 2.71. The Labute approximate surface area is 101 Å². The molecule has 1 aromatic rings. The van der Waals surface area contributed by atoms with Crippen LogP contribution in [-0.2, 0) is 4.79 Å². The summed E-state index contributed by atoms with van der Waals surface area (Å²) in [6.45, 7) is -0.254. The first kappa shape index (κ1) is 12.3. The molecule has 9 nitrogen and oxygen atoms in total. The fraction of sp³-hybridized carbons (Fsp3) is 0.444. The highest BCUT2D eigenvalue weighted by Gasteiger charge is 2.32. The average Bonchev–Trinajstić information content (AvgIpc) is 2.30. The summed E-state index contributed by atoms with van der Waals surface area (Å²) < 4.78 is -0.793. The van der Waals surface area contributed by atoms with Gasteiger partial charge in [-0.2, -0.15) is 0 Å². The zero-order valence-electron chi connectivity index (χ0n) is 9.46. The lowest BCUT2D eigenvalue weighted by atomic mass is 10.1. The second-order valence-corrected chi connectivity index (χ2v) is 4.25. The van der Waals surface area contributed by atoms with Gasteiger partial charge < -0.3 is 20.3 Å². The molecule has 1 aliphatic heterocycles. The number of piperidine rings is 1. The molecule has 2 heterocycles. The van der Waals surface area contributed by atoms with Crippen LogP contribution in [0.25, 0.3) is 0 Å². The third-order valence-electron chi connectivity index (χ3n) is 2.94. The van der Waals surface area contributed by atoms with Crippen molar-refractivity contribution in [2.24, 2.45) is 0 Å². The van der Waals surface area contributed by atoms with Crippen LogP contribution in [0, 0.1) is 16.0 Å². The molecule has 0 radical (unpaired) electrons. The highest BCUT2D eigenvalue weighted by molar-refractivity contribution is 5.83. The third kappa shape index (κ3) is 1.79. The van der Waals surface area contributed by atoms with Crippen LogP contribution in [0.5, 0.6) is 0 Å². The smallest absolute Gasteiger partial charge is 0.277 e. The van der Waals surface area contributed by atoms with E-state index in [0.29, 0.717) is 12.8 Å². The van der Waals surface area contributed by atoms with E-state index in [2.05, 4.69) is 0 Å². The molecular formula is C9H13N5O4. The van der Waals surface area contributed by atoms with Crippen LogP contribution in [0.15, 0.2) is 6.07 Å². The lowest BCUT2D eigenvalue weighted by Gasteiger charge is -2.43. The Morgan fingerprint density at radius 1 is 1.33 bits per heavy atom. The van der Waals surface area contributed by atoms with E-state index in [4.69, 9.17) is 10.8 Å². The molecule has 98 valence electrons. The van der Waals surface area contributed by atoms with E-state index in [1.165, 1.54) is 0 Å². The minimum absolute atomic E-state index is 0.0840. The van der Waals surface area contributed by atoms with Crippen molar-refractivity contribution < 1.29 is 15.2 Å². The number of hydroxylamine groups is 2. The molecule has 0 spiro atoms. The number of nitrogens with zero attached hydrogens (tertiary/aromatic N) is 3. The van der Waals surface area contributed by atoms with Crippen molar-refractivity contribution in [2.75, 3.05) is 13.1 Å². The van der Waals surface area contributed by atoms with Gasteiger partial charge >= 0.3 is 0 Å². The number of Topliss-reactive ketones (excluding diaryl/α,β-unsaturated/α-hetero) is 1. The molecular weight excluding hydrogens is 242 g/mol. The predicted octanol–water partition coefficient (Wildman–Crippen LogP) is -1.11. The molecule has 1 aliphatic rings. The number of rotatable bonds is 1. The summed E-state index contributed by atoms with van der Waals surface area (Å²) in [5, 5.41) is 46.1. The maximum absolute atomic E-state index is 12.4. The Balaban J connectivity index is 2.61. The summed E-state index contributed by atoms with van der Waals surface area (Å²) in [4.78, 5) is 11.3. The molecule has 0 saturated carbocycles. The van der Waals surface area contributed by atoms with Gasteiger partial charge in [0.1, 0.15) is 6.54 Å². The molecule has 0 aromatic carbocycles. The first-order valence-electron chi connectivity index (χ1n) is 5.32. The number of quaternary nitrogens is 1. The average molecular weight is 255 g/mol. The standard InChI is InChI=1S/C9H13N5O4/c10-7-4-8(13(17)9(11)12(7)16)14(18)3-1-2-6(15)5-14/h4,10-11,16-17H,1-3,5H2. The SMILES string of the molecule is N=c1cc([N+]2([O-])CCCC(=O)C2)n(O)c(=N)n1O. The van der Waals surface area contributed by atoms with Crippen molar-refractivity contribution in [3.63, 3.8) is 0 Å². The number of nitrogens with one attached hydrogen (secondary N) is 2. The molecule has 1 unspecified atom stereocenters. The van der Waals surface area contributed by atoms with Crippen LogP contribution in [0.1, 0.15) is 12.8 Å². The fourth-order valence-electron chi connectivity index (χ4n) is 2.02. The highest BCUT2D eigenvalue weighted by atomic mass is 16.6. The number of ketones is 1. The number of hydrogen-bond donors (Lipinski definition) is 4. The molecule has 2 rings (SSSR count). The Hall–Kier alpha value is -2.13. The van der Waals surface area contributed by atoms with E-state index in [1.807, 2.05) is 0 Å². The maximum Gasteiger partial charge on any atom is 0.277 e. The molecule has 4 N–H and O–H groups in total. The second-order valence-electron chi connectivity index (χ2n) is 4.25. The molecule has 1 atom stereocenters. The van der Waals surface area contributed by atoms with Gasteiger partial charge in [0, 0.05) is 12.8 Å². The first-order valence-corrected chi connectivity index (χ1v) is 5.32. The highest BCUT2D eigenvalue weighted by Crippen LogP contribution is 2.23. The third-order valence-corrected chi connectivity index (χ3v) is 2.94. The Morgan fingerprint density at radius 3 is 2.61 bits per heavy atom. The molecule has 1 aromatic heterocycles. The predicted molar refractivity (Wildman–Crippen MR) is 57.6 cm³/mol. The van der Waals surface area contributed by atoms with E-state index in [-0.39, 0.29) is 34.2 Å². The number of carbonyl (C=O) groups excluding carboxylic acids is 1. The van der Waals surface area contributed by atoms with E-state index in [0.717, 1.165) is 6.07 Å². The largest absolute Gasteiger partial charge is 0.626 e. The summed E-state index contributed by atoms with van der Waals surface area (Å²) in [5.74, 6) is -0.529. The summed E-state index contributed by atoms with van der Waals surface area (Å²) in [7, 11) is 0. The lowest BCUT2D eigenvalue weighted by Crippen LogP contribution is -2.54. The van der Waals surface area contributed by atoms with E-state index >= 15 is 0 Å². The number of carbonyl (C=O) groups is 1. The molecule has 1 fully saturated rings. The quantitative estimate of drug-likeness (QED) is 0.287. The van der Waals surface area contributed by atoms with Gasteiger partial charge in [-0.1, -0.05) is 4.73 Å². The van der Waals surface area contributed by atoms with Crippen LogP contribution in [0.3, 0.4) is 0 Å². The van der Waals surface area contributed by atoms with E-state index < -0.39 is 15.8 Å². The first-order chi connectivity index (χ1) is 8.35. The normalized spacial score (nSPS) is 24.2. The summed E-state index contributed by atoms with van der Waals surface area (Å²) in [6.07, 6.45) is 0.707. The van der Waals surface area contributed by atoms with Gasteiger partial charge in [-0.25, -0.2) is 0 Å². The van der Waals surface area contributed by atoms with Crippen LogP contribution >= 0.6 is 0 Å². The summed E-state index contributed by atoms with van der Waals surface area (Å²) in [6, 6.07) is 0.948. The monoisotopic (exact) mass is 255 g/mol. The number of hydrogen-bond acceptors (Lipinski definition) is 6. The topological polar surface area (TPSA) is 138 Å². The minimum atomic E-state index is -1.12. The summed E-state index contributed by atoms with van der Waals surface area (Å²) in [5.41, 5.74) is -1.32. The van der Waals surface area contributed by atoms with Gasteiger partial charge in [-0.05, 0) is 0 Å². The maximum atomic E-state index is 12.4. The van der Waals surface area contributed by atoms with Gasteiger partial charge in [0.05, 0.1) is 12.6 Å². The summed E-state index contributed by atoms with van der Waals surface area (Å²) >= 11 is 0. The van der Waals surface area contributed by atoms with Gasteiger partial charge in [0.2, 0.25) is 5.82 Å². The van der Waals surface area contributed by atoms with Crippen molar-refractivity contribution in [1.82, 2.24) is 14.1 Å². The van der Waals surface area contributed by atoms with Crippen molar-refractivity contribution in [3.8, 4) is 0 Å². The van der Waals surface area contributed by atoms with E-state index in [1.54, 1.807) is 0 Å². The Morgan fingerprint density at radius 2 is 2.00 bits per heavy atom. The molecule has 0 amide bonds. The zero-order valence-corrected chi connectivity index (χ0v) is 9.46. The molecule has 9 heteroatoms. The van der Waals surface area contributed by atoms with Crippen LogP contribution in [0.4, 0.5) is 5.82 Å². The lowest BCUT2D eigenvalue weighted by molar-refractivity contribution is -0.121. The minimum Gasteiger partial charge on any atom is -0.626 e. The van der Waals surface area contributed by atoms with Crippen LogP contribution < -0.4 is 15.8 Å². The fourth-order valence-corrected chi connectivity index (χ4v) is 2.02.